The number of aromatic nitrogens is 1. The van der Waals surface area contributed by atoms with Crippen LogP contribution in [0.25, 0.3) is 16.5 Å². The number of hydrogen-bond acceptors (Lipinski definition) is 4. The van der Waals surface area contributed by atoms with Gasteiger partial charge in [0.25, 0.3) is 0 Å². The van der Waals surface area contributed by atoms with E-state index in [1.807, 2.05) is 0 Å². The molecule has 0 spiro atoms. The molecule has 0 saturated carbocycles. The molecule has 1 aromatic heterocycles. The minimum absolute atomic E-state index is 0.0460. The minimum atomic E-state index is -5.08. The molecule has 2 aliphatic heterocycles. The van der Waals surface area contributed by atoms with Gasteiger partial charge in [-0.3, -0.25) is 0 Å². The van der Waals surface area contributed by atoms with Gasteiger partial charge in [-0.05, 0) is 0 Å². The Morgan fingerprint density at radius 3 is 2.38 bits per heavy atom. The first kappa shape index (κ1) is 35.0. The summed E-state index contributed by atoms with van der Waals surface area (Å²) in [4.78, 5) is 21.2. The average molecular weight is 738 g/mol. The van der Waals surface area contributed by atoms with Gasteiger partial charge in [0.2, 0.25) is 0 Å². The molecule has 1 saturated heterocycles. The summed E-state index contributed by atoms with van der Waals surface area (Å²) in [5.74, 6) is -4.31. The quantitative estimate of drug-likeness (QED) is 0.0908. The molecule has 3 atom stereocenters. The third kappa shape index (κ3) is 6.83. The van der Waals surface area contributed by atoms with Gasteiger partial charge >= 0.3 is 285 Å². The molecule has 6 nitrogen and oxygen atoms in total. The molecule has 47 heavy (non-hydrogen) atoms. The first-order valence-electron chi connectivity index (χ1n) is 14.3. The molecular weight excluding hydrogens is 711 g/mol. The van der Waals surface area contributed by atoms with Gasteiger partial charge in [0.15, 0.2) is 0 Å². The Morgan fingerprint density at radius 1 is 1.11 bits per heavy atom. The normalized spacial score (nSPS) is 20.0. The summed E-state index contributed by atoms with van der Waals surface area (Å²) < 4.78 is 88.8. The summed E-state index contributed by atoms with van der Waals surface area (Å²) >= 11 is 11.3. The van der Waals surface area contributed by atoms with Gasteiger partial charge in [-0.25, -0.2) is 0 Å². The number of carbonyl (C=O) groups excluding carboxylic acids is 1. The van der Waals surface area contributed by atoms with Crippen LogP contribution in [0.4, 0.5) is 32.0 Å². The van der Waals surface area contributed by atoms with Crippen molar-refractivity contribution in [3.05, 3.63) is 93.9 Å². The monoisotopic (exact) mass is 737 g/mol. The van der Waals surface area contributed by atoms with Gasteiger partial charge in [-0.1, -0.05) is 0 Å². The van der Waals surface area contributed by atoms with Crippen molar-refractivity contribution >= 4 is 45.9 Å². The van der Waals surface area contributed by atoms with E-state index in [2.05, 4.69) is 26.9 Å². The zero-order valence-corrected chi connectivity index (χ0v) is 27.5. The van der Waals surface area contributed by atoms with Crippen LogP contribution in [-0.4, -0.2) is 69.1 Å². The van der Waals surface area contributed by atoms with Crippen LogP contribution in [0.3, 0.4) is 0 Å². The van der Waals surface area contributed by atoms with Crippen molar-refractivity contribution in [2.75, 3.05) is 30.3 Å². The number of rotatable bonds is 5. The Morgan fingerprint density at radius 2 is 1.79 bits per heavy atom. The van der Waals surface area contributed by atoms with Gasteiger partial charge in [0.1, 0.15) is 0 Å². The van der Waals surface area contributed by atoms with Gasteiger partial charge in [0, 0.05) is 0 Å². The number of amides is 1. The van der Waals surface area contributed by atoms with E-state index in [9.17, 15) is 32.2 Å². The van der Waals surface area contributed by atoms with E-state index < -0.39 is 69.2 Å². The van der Waals surface area contributed by atoms with Crippen molar-refractivity contribution in [1.29, 1.82) is 0 Å². The summed E-state index contributed by atoms with van der Waals surface area (Å²) in [5.41, 5.74) is -2.36. The molecule has 0 radical (unpaired) electrons. The van der Waals surface area contributed by atoms with E-state index in [4.69, 9.17) is 11.6 Å². The molecule has 0 aliphatic carbocycles. The van der Waals surface area contributed by atoms with Crippen molar-refractivity contribution < 1.29 is 46.4 Å². The third-order valence-electron chi connectivity index (χ3n) is 8.13. The number of pyridine rings is 1. The Kier molecular flexibility index (Phi) is 10.2. The van der Waals surface area contributed by atoms with Crippen LogP contribution in [-0.2, 0) is 26.3 Å². The number of piperazine rings is 1. The number of alkyl halides is 3. The van der Waals surface area contributed by atoms with Gasteiger partial charge in [0.05, 0.1) is 0 Å². The van der Waals surface area contributed by atoms with E-state index in [1.165, 1.54) is 33.2 Å². The molecule has 2 aliphatic rings. The second-order valence-corrected chi connectivity index (χ2v) is 13.0. The van der Waals surface area contributed by atoms with Crippen molar-refractivity contribution in [3.8, 4) is 11.1 Å². The number of halogens is 7. The summed E-state index contributed by atoms with van der Waals surface area (Å²) in [6.07, 6.45) is -2.63. The molecule has 15 heteroatoms. The zero-order valence-electron chi connectivity index (χ0n) is 24.9. The summed E-state index contributed by atoms with van der Waals surface area (Å²) in [6, 6.07) is 3.41. The van der Waals surface area contributed by atoms with Crippen LogP contribution in [0, 0.1) is 17.5 Å². The molecule has 0 unspecified atom stereocenters. The number of benzene rings is 2. The predicted octanol–water partition coefficient (Wildman–Crippen LogP) is 7.26. The zero-order chi connectivity index (χ0) is 34.4. The number of fused-ring (bicyclic) bond motifs is 1. The fraction of sp³-hybridized carbons (Fsp3) is 0.312. The standard InChI is InChI=1S/C32H27ClF6N5OS.Co/c1-5-27(45)44-16(2)12-43(13-17(44)3)31(40)21-9-22(32(37,38)39)28(20-10-23(33)25(36)11-24(20)35)30-29(21)42(4)14-18(15-46-30)26-8-19(34)6-7-41-26;/h4-11,16-18H,1,12-15H2,2-3H3;/q-1;/t16-,17+,18-;/m0./s1. The molecule has 1 fully saturated rings. The Balaban J connectivity index is 1.76. The Bertz CT molecular complexity index is 1760. The Hall–Kier alpha value is -3.33. The number of nitrogens with zero attached hydrogens (tertiary/aromatic N) is 5. The summed E-state index contributed by atoms with van der Waals surface area (Å²) in [7, 11) is 0. The maximum atomic E-state index is 15.4. The van der Waals surface area contributed by atoms with E-state index in [-0.39, 0.29) is 47.4 Å². The van der Waals surface area contributed by atoms with Crippen molar-refractivity contribution in [2.24, 2.45) is 0 Å². The molecule has 0 bridgehead atoms. The molecule has 3 heterocycles. The number of amidine groups is 1. The number of anilines is 1. The fourth-order valence-corrected chi connectivity index (χ4v) is 7.90. The van der Waals surface area contributed by atoms with Crippen molar-refractivity contribution in [3.63, 3.8) is 0 Å². The summed E-state index contributed by atoms with van der Waals surface area (Å²) in [6.45, 7) is 7.20. The maximum absolute atomic E-state index is 15.4. The number of carbonyl (C=O) groups is 1. The molecule has 5 rings (SSSR count). The second kappa shape index (κ2) is 13.6. The van der Waals surface area contributed by atoms with Crippen LogP contribution in [0.2, 0.25) is 5.02 Å². The molecule has 251 valence electrons. The topological polar surface area (TPSA) is 62.0 Å². The van der Waals surface area contributed by atoms with Crippen LogP contribution < -0.4 is 4.90 Å². The third-order valence-corrected chi connectivity index (χ3v) is 10.00. The van der Waals surface area contributed by atoms with Crippen molar-refractivity contribution in [2.45, 2.75) is 42.9 Å². The fourth-order valence-electron chi connectivity index (χ4n) is 6.12. The first-order chi connectivity index (χ1) is 22.2. The average Bonchev–Trinajstić information content (AvgIpc) is 3.21. The van der Waals surface area contributed by atoms with E-state index in [1.54, 1.807) is 18.7 Å². The van der Waals surface area contributed by atoms with E-state index in [0.29, 0.717) is 11.8 Å². The number of hydrogen-bond donors (Lipinski definition) is 0. The van der Waals surface area contributed by atoms with E-state index >= 15 is 4.39 Å². The molecule has 3 aromatic rings. The first-order valence-corrected chi connectivity index (χ1v) is 16.2. The predicted molar refractivity (Wildman–Crippen MR) is 168 cm³/mol. The van der Waals surface area contributed by atoms with Gasteiger partial charge in [-0.15, -0.1) is 0 Å². The molecule has 0 N–H and O–H groups in total. The van der Waals surface area contributed by atoms with Crippen LogP contribution in [0.1, 0.15) is 36.6 Å². The molecular formula is C32H27ClCoF6N5OS-. The van der Waals surface area contributed by atoms with Gasteiger partial charge in [-0.2, -0.15) is 0 Å². The second-order valence-electron chi connectivity index (χ2n) is 11.3. The van der Waals surface area contributed by atoms with Crippen LogP contribution >= 0.6 is 23.4 Å². The Labute approximate surface area is 284 Å². The van der Waals surface area contributed by atoms with Crippen molar-refractivity contribution in [1.82, 2.24) is 14.8 Å². The van der Waals surface area contributed by atoms with Gasteiger partial charge < -0.3 is 0 Å². The number of thioether (sulfide) groups is 1. The molecule has 1 amide bonds. The van der Waals surface area contributed by atoms with Crippen LogP contribution in [0.5, 0.6) is 0 Å². The van der Waals surface area contributed by atoms with Crippen LogP contribution in [0.15, 0.2) is 54.1 Å². The SMILES string of the molecule is C=CC(=O)N1[C@H](C)CN(C(=[N-])c2cc(C(F)(F)F)c(-c3cc(Cl)c(F)cc3F)c3c2N([CH]=[Co])C[C@H](c2cc(F)ccn2)CS3)C[C@@H]1C. The van der Waals surface area contributed by atoms with E-state index in [0.717, 1.165) is 30.0 Å². The molecule has 2 aromatic carbocycles. The summed E-state index contributed by atoms with van der Waals surface area (Å²) in [5, 5.41) is 12.5.